The standard InChI is InChI=1S/C64H45N5/c1-64(2)53-29-14-15-30-55(53)68(49-24-10-5-11-25-49)56-38-37-47(41-54(56)64)52-28-17-31-57-60(52)59-51-27-13-12-20-44(51)36-39-58(59)69(57)50-26-16-23-48(40-50)63-66-61(45-21-8-4-9-22-45)65-62(67-63)46-34-32-43(33-35-46)42-18-6-3-7-19-42/h3-41H,1-2H3. The van der Waals surface area contributed by atoms with Crippen LogP contribution < -0.4 is 4.90 Å². The maximum absolute atomic E-state index is 5.19. The van der Waals surface area contributed by atoms with Gasteiger partial charge in [-0.15, -0.1) is 0 Å². The van der Waals surface area contributed by atoms with Crippen molar-refractivity contribution in [1.82, 2.24) is 19.5 Å². The van der Waals surface area contributed by atoms with Gasteiger partial charge in [-0.1, -0.05) is 196 Å². The van der Waals surface area contributed by atoms with E-state index in [0.717, 1.165) is 44.7 Å². The molecule has 5 heteroatoms. The third kappa shape index (κ3) is 6.73. The largest absolute Gasteiger partial charge is 0.310 e. The first-order valence-corrected chi connectivity index (χ1v) is 23.6. The predicted octanol–water partition coefficient (Wildman–Crippen LogP) is 16.6. The van der Waals surface area contributed by atoms with Gasteiger partial charge in [-0.25, -0.2) is 15.0 Å². The van der Waals surface area contributed by atoms with E-state index in [0.29, 0.717) is 17.5 Å². The van der Waals surface area contributed by atoms with Crippen LogP contribution >= 0.6 is 0 Å². The first kappa shape index (κ1) is 40.4. The van der Waals surface area contributed by atoms with E-state index in [9.17, 15) is 0 Å². The second-order valence-electron chi connectivity index (χ2n) is 18.4. The maximum atomic E-state index is 5.19. The van der Waals surface area contributed by atoms with E-state index in [1.54, 1.807) is 0 Å². The number of benzene rings is 10. The van der Waals surface area contributed by atoms with Crippen LogP contribution in [0, 0.1) is 0 Å². The van der Waals surface area contributed by atoms with E-state index in [4.69, 9.17) is 15.0 Å². The maximum Gasteiger partial charge on any atom is 0.164 e. The van der Waals surface area contributed by atoms with Crippen molar-refractivity contribution in [3.05, 3.63) is 248 Å². The molecule has 0 aliphatic carbocycles. The zero-order chi connectivity index (χ0) is 46.1. The first-order valence-electron chi connectivity index (χ1n) is 23.6. The van der Waals surface area contributed by atoms with Gasteiger partial charge in [0.1, 0.15) is 0 Å². The lowest BCUT2D eigenvalue weighted by atomic mass is 9.73. The molecule has 1 aliphatic rings. The summed E-state index contributed by atoms with van der Waals surface area (Å²) >= 11 is 0. The smallest absolute Gasteiger partial charge is 0.164 e. The fourth-order valence-corrected chi connectivity index (χ4v) is 10.7. The minimum Gasteiger partial charge on any atom is -0.310 e. The van der Waals surface area contributed by atoms with E-state index in [1.165, 1.54) is 60.7 Å². The molecule has 1 aliphatic heterocycles. The Labute approximate surface area is 401 Å². The highest BCUT2D eigenvalue weighted by molar-refractivity contribution is 6.25. The van der Waals surface area contributed by atoms with Crippen LogP contribution in [0.3, 0.4) is 0 Å². The Morgan fingerprint density at radius 1 is 0.348 bits per heavy atom. The van der Waals surface area contributed by atoms with Gasteiger partial charge in [0.05, 0.1) is 22.4 Å². The van der Waals surface area contributed by atoms with Crippen molar-refractivity contribution in [2.75, 3.05) is 4.90 Å². The number of fused-ring (bicyclic) bond motifs is 7. The Morgan fingerprint density at radius 3 is 1.65 bits per heavy atom. The second kappa shape index (κ2) is 16.1. The molecule has 5 nitrogen and oxygen atoms in total. The number of hydrogen-bond acceptors (Lipinski definition) is 4. The summed E-state index contributed by atoms with van der Waals surface area (Å²) in [4.78, 5) is 17.8. The Hall–Kier alpha value is -8.93. The molecule has 69 heavy (non-hydrogen) atoms. The van der Waals surface area contributed by atoms with Gasteiger partial charge in [-0.05, 0) is 98.8 Å². The van der Waals surface area contributed by atoms with Crippen molar-refractivity contribution in [1.29, 1.82) is 0 Å². The average molecular weight is 884 g/mol. The quantitative estimate of drug-likeness (QED) is 0.160. The lowest BCUT2D eigenvalue weighted by Crippen LogP contribution is -2.30. The van der Waals surface area contributed by atoms with Crippen molar-refractivity contribution < 1.29 is 0 Å². The van der Waals surface area contributed by atoms with Crippen LogP contribution in [0.1, 0.15) is 25.0 Å². The molecule has 0 atom stereocenters. The summed E-state index contributed by atoms with van der Waals surface area (Å²) in [6.45, 7) is 4.73. The number of para-hydroxylation sites is 2. The molecular weight excluding hydrogens is 839 g/mol. The van der Waals surface area contributed by atoms with Gasteiger partial charge in [0, 0.05) is 44.3 Å². The molecule has 0 bridgehead atoms. The van der Waals surface area contributed by atoms with E-state index in [1.807, 2.05) is 24.3 Å². The van der Waals surface area contributed by atoms with Gasteiger partial charge >= 0.3 is 0 Å². The molecule has 12 aromatic rings. The Balaban J connectivity index is 0.989. The summed E-state index contributed by atoms with van der Waals surface area (Å²) in [7, 11) is 0. The van der Waals surface area contributed by atoms with Gasteiger partial charge < -0.3 is 9.47 Å². The monoisotopic (exact) mass is 883 g/mol. The van der Waals surface area contributed by atoms with Crippen LogP contribution in [0.5, 0.6) is 0 Å². The number of aromatic nitrogens is 4. The van der Waals surface area contributed by atoms with Gasteiger partial charge in [0.25, 0.3) is 0 Å². The van der Waals surface area contributed by atoms with Crippen LogP contribution in [0.2, 0.25) is 0 Å². The molecule has 13 rings (SSSR count). The minimum atomic E-state index is -0.247. The second-order valence-corrected chi connectivity index (χ2v) is 18.4. The SMILES string of the molecule is CC1(C)c2ccccc2N(c2ccccc2)c2ccc(-c3cccc4c3c3c5ccccc5ccc3n4-c3cccc(-c4nc(-c5ccccc5)nc(-c5ccc(-c6ccccc6)cc5)n4)c3)cc21. The van der Waals surface area contributed by atoms with E-state index in [-0.39, 0.29) is 5.41 Å². The number of anilines is 3. The summed E-state index contributed by atoms with van der Waals surface area (Å²) < 4.78 is 2.42. The van der Waals surface area contributed by atoms with Gasteiger partial charge in [0.2, 0.25) is 0 Å². The molecule has 0 unspecified atom stereocenters. The van der Waals surface area contributed by atoms with Crippen LogP contribution in [0.25, 0.3) is 94.7 Å². The van der Waals surface area contributed by atoms with Crippen LogP contribution in [0.4, 0.5) is 17.1 Å². The van der Waals surface area contributed by atoms with Crippen molar-refractivity contribution in [3.8, 4) is 62.1 Å². The highest BCUT2D eigenvalue weighted by atomic mass is 15.2. The molecule has 10 aromatic carbocycles. The zero-order valence-electron chi connectivity index (χ0n) is 38.3. The van der Waals surface area contributed by atoms with Crippen LogP contribution in [-0.2, 0) is 5.41 Å². The summed E-state index contributed by atoms with van der Waals surface area (Å²) in [5.41, 5.74) is 16.7. The number of rotatable bonds is 7. The van der Waals surface area contributed by atoms with E-state index in [2.05, 4.69) is 236 Å². The summed E-state index contributed by atoms with van der Waals surface area (Å²) in [6.07, 6.45) is 0. The summed E-state index contributed by atoms with van der Waals surface area (Å²) in [5, 5.41) is 4.87. The summed E-state index contributed by atoms with van der Waals surface area (Å²) in [5.74, 6) is 1.87. The van der Waals surface area contributed by atoms with Crippen LogP contribution in [-0.4, -0.2) is 19.5 Å². The van der Waals surface area contributed by atoms with Gasteiger partial charge in [-0.2, -0.15) is 0 Å². The topological polar surface area (TPSA) is 46.8 Å². The van der Waals surface area contributed by atoms with Crippen molar-refractivity contribution in [2.24, 2.45) is 0 Å². The molecule has 326 valence electrons. The third-order valence-electron chi connectivity index (χ3n) is 14.0. The average Bonchev–Trinajstić information content (AvgIpc) is 3.77. The molecule has 0 fully saturated rings. The normalized spacial score (nSPS) is 12.9. The number of hydrogen-bond donors (Lipinski definition) is 0. The lowest BCUT2D eigenvalue weighted by molar-refractivity contribution is 0.632. The molecule has 0 radical (unpaired) electrons. The molecule has 0 N–H and O–H groups in total. The molecule has 2 aromatic heterocycles. The van der Waals surface area contributed by atoms with Crippen molar-refractivity contribution in [3.63, 3.8) is 0 Å². The Kier molecular flexibility index (Phi) is 9.44. The molecule has 0 spiro atoms. The summed E-state index contributed by atoms with van der Waals surface area (Å²) in [6, 6.07) is 84.5. The fraction of sp³-hybridized carbons (Fsp3) is 0.0469. The number of nitrogens with zero attached hydrogens (tertiary/aromatic N) is 5. The highest BCUT2D eigenvalue weighted by Gasteiger charge is 2.37. The third-order valence-corrected chi connectivity index (χ3v) is 14.0. The molecule has 0 saturated carbocycles. The minimum absolute atomic E-state index is 0.247. The first-order chi connectivity index (χ1) is 34.0. The lowest BCUT2D eigenvalue weighted by Gasteiger charge is -2.42. The zero-order valence-corrected chi connectivity index (χ0v) is 38.3. The van der Waals surface area contributed by atoms with Crippen molar-refractivity contribution in [2.45, 2.75) is 19.3 Å². The fourth-order valence-electron chi connectivity index (χ4n) is 10.7. The molecular formula is C64H45N5. The highest BCUT2D eigenvalue weighted by Crippen LogP contribution is 2.53. The van der Waals surface area contributed by atoms with Gasteiger partial charge in [0.15, 0.2) is 17.5 Å². The van der Waals surface area contributed by atoms with Crippen molar-refractivity contribution >= 4 is 49.6 Å². The van der Waals surface area contributed by atoms with E-state index < -0.39 is 0 Å². The molecule has 0 saturated heterocycles. The molecule has 0 amide bonds. The Morgan fingerprint density at radius 2 is 0.884 bits per heavy atom. The van der Waals surface area contributed by atoms with Gasteiger partial charge in [-0.3, -0.25) is 0 Å². The Bertz CT molecular complexity index is 3910. The predicted molar refractivity (Wildman–Crippen MR) is 286 cm³/mol. The van der Waals surface area contributed by atoms with E-state index >= 15 is 0 Å². The van der Waals surface area contributed by atoms with Crippen LogP contribution in [0.15, 0.2) is 237 Å². The molecule has 3 heterocycles.